The van der Waals surface area contributed by atoms with E-state index in [4.69, 9.17) is 0 Å². The minimum Gasteiger partial charge on any atom is -0.380 e. The summed E-state index contributed by atoms with van der Waals surface area (Å²) in [6.45, 7) is 2.00. The van der Waals surface area contributed by atoms with Crippen molar-refractivity contribution < 1.29 is 17.6 Å². The minimum atomic E-state index is -4.55. The SMILES string of the molecule is Cc1cccc(NCc2cc(F)cc(C(F)(F)F)c2)c1Br. The van der Waals surface area contributed by atoms with Crippen LogP contribution in [0.3, 0.4) is 0 Å². The number of aryl methyl sites for hydroxylation is 1. The molecule has 1 nitrogen and oxygen atoms in total. The molecule has 0 saturated heterocycles. The molecule has 6 heteroatoms. The quantitative estimate of drug-likeness (QED) is 0.709. The molecule has 112 valence electrons. The van der Waals surface area contributed by atoms with Crippen LogP contribution in [-0.2, 0) is 12.7 Å². The summed E-state index contributed by atoms with van der Waals surface area (Å²) < 4.78 is 52.0. The second-order valence-electron chi connectivity index (χ2n) is 4.64. The largest absolute Gasteiger partial charge is 0.416 e. The zero-order valence-corrected chi connectivity index (χ0v) is 12.6. The highest BCUT2D eigenvalue weighted by Crippen LogP contribution is 2.31. The molecule has 0 heterocycles. The molecule has 0 aliphatic rings. The van der Waals surface area contributed by atoms with Crippen LogP contribution in [0.2, 0.25) is 0 Å². The Labute approximate surface area is 128 Å². The summed E-state index contributed by atoms with van der Waals surface area (Å²) in [5.74, 6) is -0.898. The summed E-state index contributed by atoms with van der Waals surface area (Å²) >= 11 is 3.40. The fraction of sp³-hybridized carbons (Fsp3) is 0.200. The summed E-state index contributed by atoms with van der Waals surface area (Å²) in [6.07, 6.45) is -4.55. The number of rotatable bonds is 3. The van der Waals surface area contributed by atoms with Crippen molar-refractivity contribution in [3.63, 3.8) is 0 Å². The zero-order valence-electron chi connectivity index (χ0n) is 11.1. The fourth-order valence-electron chi connectivity index (χ4n) is 1.90. The summed E-state index contributed by atoms with van der Waals surface area (Å²) in [6, 6.07) is 8.05. The van der Waals surface area contributed by atoms with E-state index >= 15 is 0 Å². The van der Waals surface area contributed by atoms with Gasteiger partial charge in [0.05, 0.1) is 5.56 Å². The van der Waals surface area contributed by atoms with E-state index in [-0.39, 0.29) is 12.1 Å². The van der Waals surface area contributed by atoms with Gasteiger partial charge in [-0.3, -0.25) is 0 Å². The first-order chi connectivity index (χ1) is 9.77. The molecule has 0 bridgehead atoms. The zero-order chi connectivity index (χ0) is 15.6. The van der Waals surface area contributed by atoms with Crippen LogP contribution < -0.4 is 5.32 Å². The second kappa shape index (κ2) is 6.05. The van der Waals surface area contributed by atoms with E-state index in [9.17, 15) is 17.6 Å². The topological polar surface area (TPSA) is 12.0 Å². The molecule has 0 unspecified atom stereocenters. The highest BCUT2D eigenvalue weighted by molar-refractivity contribution is 9.10. The Hall–Kier alpha value is -1.56. The number of halogens is 5. The van der Waals surface area contributed by atoms with Gasteiger partial charge in [0.25, 0.3) is 0 Å². The number of hydrogen-bond donors (Lipinski definition) is 1. The standard InChI is InChI=1S/C15H12BrF4N/c1-9-3-2-4-13(14(9)16)21-8-10-5-11(15(18,19)20)7-12(17)6-10/h2-7,21H,8H2,1H3. The predicted molar refractivity (Wildman–Crippen MR) is 77.6 cm³/mol. The van der Waals surface area contributed by atoms with Gasteiger partial charge in [0.2, 0.25) is 0 Å². The van der Waals surface area contributed by atoms with Gasteiger partial charge in [-0.1, -0.05) is 12.1 Å². The van der Waals surface area contributed by atoms with Crippen LogP contribution >= 0.6 is 15.9 Å². The van der Waals surface area contributed by atoms with E-state index in [1.54, 1.807) is 6.07 Å². The maximum atomic E-state index is 13.3. The van der Waals surface area contributed by atoms with Crippen molar-refractivity contribution >= 4 is 21.6 Å². The van der Waals surface area contributed by atoms with Crippen LogP contribution in [0.4, 0.5) is 23.2 Å². The van der Waals surface area contributed by atoms with E-state index in [0.29, 0.717) is 6.07 Å². The minimum absolute atomic E-state index is 0.100. The van der Waals surface area contributed by atoms with Crippen molar-refractivity contribution in [3.8, 4) is 0 Å². The lowest BCUT2D eigenvalue weighted by Gasteiger charge is -2.12. The number of nitrogens with one attached hydrogen (secondary N) is 1. The van der Waals surface area contributed by atoms with Crippen LogP contribution in [0.15, 0.2) is 40.9 Å². The van der Waals surface area contributed by atoms with Gasteiger partial charge in [-0.25, -0.2) is 4.39 Å². The van der Waals surface area contributed by atoms with Crippen LogP contribution in [0.25, 0.3) is 0 Å². The maximum absolute atomic E-state index is 13.3. The molecule has 2 aromatic rings. The molecule has 0 radical (unpaired) electrons. The third kappa shape index (κ3) is 3.97. The molecule has 2 aromatic carbocycles. The average Bonchev–Trinajstić information content (AvgIpc) is 2.39. The maximum Gasteiger partial charge on any atom is 0.416 e. The number of hydrogen-bond acceptors (Lipinski definition) is 1. The Balaban J connectivity index is 2.21. The summed E-state index contributed by atoms with van der Waals surface area (Å²) in [4.78, 5) is 0. The van der Waals surface area contributed by atoms with E-state index in [1.165, 1.54) is 0 Å². The molecule has 0 spiro atoms. The van der Waals surface area contributed by atoms with Crippen molar-refractivity contribution in [2.45, 2.75) is 19.6 Å². The van der Waals surface area contributed by atoms with Gasteiger partial charge in [-0.2, -0.15) is 13.2 Å². The van der Waals surface area contributed by atoms with Gasteiger partial charge >= 0.3 is 6.18 Å². The van der Waals surface area contributed by atoms with Gasteiger partial charge in [0.15, 0.2) is 0 Å². The molecule has 0 amide bonds. The molecular weight excluding hydrogens is 350 g/mol. The molecular formula is C15H12BrF4N. The molecule has 0 fully saturated rings. The molecule has 21 heavy (non-hydrogen) atoms. The summed E-state index contributed by atoms with van der Waals surface area (Å²) in [5, 5.41) is 3.00. The average molecular weight is 362 g/mol. The smallest absolute Gasteiger partial charge is 0.380 e. The molecule has 0 aromatic heterocycles. The Bertz CT molecular complexity index is 653. The van der Waals surface area contributed by atoms with Gasteiger partial charge in [-0.15, -0.1) is 0 Å². The van der Waals surface area contributed by atoms with Crippen molar-refractivity contribution in [3.05, 3.63) is 63.4 Å². The molecule has 0 aliphatic heterocycles. The monoisotopic (exact) mass is 361 g/mol. The molecule has 0 aliphatic carbocycles. The number of benzene rings is 2. The van der Waals surface area contributed by atoms with Crippen molar-refractivity contribution in [1.29, 1.82) is 0 Å². The Kier molecular flexibility index (Phi) is 4.56. The fourth-order valence-corrected chi connectivity index (χ4v) is 2.30. The normalized spacial score (nSPS) is 11.5. The Morgan fingerprint density at radius 3 is 2.52 bits per heavy atom. The van der Waals surface area contributed by atoms with Gasteiger partial charge in [-0.05, 0) is 58.2 Å². The van der Waals surface area contributed by atoms with Crippen molar-refractivity contribution in [1.82, 2.24) is 0 Å². The van der Waals surface area contributed by atoms with Crippen LogP contribution in [0.1, 0.15) is 16.7 Å². The van der Waals surface area contributed by atoms with E-state index in [2.05, 4.69) is 21.2 Å². The van der Waals surface area contributed by atoms with Crippen molar-refractivity contribution in [2.24, 2.45) is 0 Å². The Morgan fingerprint density at radius 1 is 1.14 bits per heavy atom. The lowest BCUT2D eigenvalue weighted by molar-refractivity contribution is -0.137. The molecule has 0 saturated carbocycles. The number of anilines is 1. The van der Waals surface area contributed by atoms with Crippen LogP contribution in [0, 0.1) is 12.7 Å². The first-order valence-corrected chi connectivity index (χ1v) is 6.92. The summed E-state index contributed by atoms with van der Waals surface area (Å²) in [5.41, 5.74) is 0.987. The van der Waals surface area contributed by atoms with Gasteiger partial charge in [0, 0.05) is 16.7 Å². The van der Waals surface area contributed by atoms with Gasteiger partial charge < -0.3 is 5.32 Å². The first kappa shape index (κ1) is 15.8. The highest BCUT2D eigenvalue weighted by atomic mass is 79.9. The number of alkyl halides is 3. The van der Waals surface area contributed by atoms with E-state index < -0.39 is 17.6 Å². The van der Waals surface area contributed by atoms with Gasteiger partial charge in [0.1, 0.15) is 5.82 Å². The summed E-state index contributed by atoms with van der Waals surface area (Å²) in [7, 11) is 0. The molecule has 0 atom stereocenters. The Morgan fingerprint density at radius 2 is 1.86 bits per heavy atom. The molecule has 1 N–H and O–H groups in total. The van der Waals surface area contributed by atoms with Crippen molar-refractivity contribution in [2.75, 3.05) is 5.32 Å². The predicted octanol–water partition coefficient (Wildman–Crippen LogP) is 5.53. The molecule has 2 rings (SSSR count). The lowest BCUT2D eigenvalue weighted by atomic mass is 10.1. The van der Waals surface area contributed by atoms with E-state index in [0.717, 1.165) is 27.9 Å². The van der Waals surface area contributed by atoms with Crippen LogP contribution in [0.5, 0.6) is 0 Å². The highest BCUT2D eigenvalue weighted by Gasteiger charge is 2.31. The lowest BCUT2D eigenvalue weighted by Crippen LogP contribution is -2.08. The first-order valence-electron chi connectivity index (χ1n) is 6.13. The van der Waals surface area contributed by atoms with Crippen LogP contribution in [-0.4, -0.2) is 0 Å². The third-order valence-corrected chi connectivity index (χ3v) is 4.01. The third-order valence-electron chi connectivity index (χ3n) is 2.96. The second-order valence-corrected chi connectivity index (χ2v) is 5.43. The van der Waals surface area contributed by atoms with E-state index in [1.807, 2.05) is 19.1 Å².